The summed E-state index contributed by atoms with van der Waals surface area (Å²) in [6, 6.07) is 47.7. The summed E-state index contributed by atoms with van der Waals surface area (Å²) in [5.74, 6) is 0. The molecule has 0 radical (unpaired) electrons. The van der Waals surface area contributed by atoms with E-state index in [0.717, 1.165) is 24.2 Å². The molecule has 5 nitrogen and oxygen atoms in total. The molecule has 0 aliphatic carbocycles. The van der Waals surface area contributed by atoms with Crippen LogP contribution in [0.15, 0.2) is 185 Å². The largest absolute Gasteiger partial charge is 0.421 e. The molecule has 0 spiro atoms. The van der Waals surface area contributed by atoms with Crippen molar-refractivity contribution < 1.29 is 39.8 Å². The van der Waals surface area contributed by atoms with Crippen LogP contribution >= 0.6 is 23.2 Å². The minimum Gasteiger partial charge on any atom is -0.369 e. The van der Waals surface area contributed by atoms with Gasteiger partial charge < -0.3 is 4.74 Å². The highest BCUT2D eigenvalue weighted by Gasteiger charge is 2.66. The lowest BCUT2D eigenvalue weighted by molar-refractivity contribution is -0.185. The molecular formula is C52H55Cl2F6N2O3S2Si+. The fraction of sp³-hybridized carbons (Fsp3) is 0.269. The van der Waals surface area contributed by atoms with Gasteiger partial charge in [0.2, 0.25) is 11.2 Å². The third-order valence-corrected chi connectivity index (χ3v) is 15.6. The molecule has 0 saturated carbocycles. The number of halogens is 8. The molecule has 4 unspecified atom stereocenters. The van der Waals surface area contributed by atoms with Gasteiger partial charge >= 0.3 is 12.4 Å². The van der Waals surface area contributed by atoms with Gasteiger partial charge in [0, 0.05) is 48.2 Å². The molecule has 1 aliphatic rings. The standard InChI is InChI=1S/C24H21ClF3NOS.C15H11ClF3OS.C13H23NOSi/c25-20-13-11-19(12-14-20)23(24(26,27)28)17-29(15-18-7-3-1-4-8-18)16-22(23)31(30)21-9-5-2-6-10-21;16-12-8-6-11(7-9-12)14(15(17,18)19)10-21(20)13-4-2-1-3-5-13;1-15-11-14(12-16(2,3)4)10-13-8-6-5-7-9-13/h1-14,22H,15-17H2;1-10,20H;5-9H,10-12H2,1-4H3/q;+1;/b;14-10+;. The van der Waals surface area contributed by atoms with Crippen LogP contribution in [-0.4, -0.2) is 77.3 Å². The van der Waals surface area contributed by atoms with E-state index >= 15 is 0 Å². The van der Waals surface area contributed by atoms with Crippen molar-refractivity contribution in [3.05, 3.63) is 208 Å². The van der Waals surface area contributed by atoms with Crippen LogP contribution in [0, 0.1) is 0 Å². The van der Waals surface area contributed by atoms with Gasteiger partial charge in [-0.15, -0.1) is 0 Å². The molecule has 362 valence electrons. The van der Waals surface area contributed by atoms with Crippen molar-refractivity contribution >= 4 is 58.8 Å². The first-order chi connectivity index (χ1) is 32.2. The van der Waals surface area contributed by atoms with Crippen LogP contribution in [0.5, 0.6) is 0 Å². The van der Waals surface area contributed by atoms with E-state index in [1.165, 1.54) is 60.3 Å². The van der Waals surface area contributed by atoms with Crippen molar-refractivity contribution in [2.45, 2.75) is 65.5 Å². The normalized spacial score (nSPS) is 17.7. The van der Waals surface area contributed by atoms with Gasteiger partial charge in [-0.25, -0.2) is 0 Å². The lowest BCUT2D eigenvalue weighted by Gasteiger charge is -2.37. The number of hydrogen-bond donors (Lipinski definition) is 1. The summed E-state index contributed by atoms with van der Waals surface area (Å²) in [5.41, 5.74) is -0.816. The quantitative estimate of drug-likeness (QED) is 0.0510. The second-order valence-electron chi connectivity index (χ2n) is 17.3. The smallest absolute Gasteiger partial charge is 0.369 e. The molecule has 1 aliphatic heterocycles. The molecule has 16 heteroatoms. The maximum absolute atomic E-state index is 14.8. The van der Waals surface area contributed by atoms with Crippen LogP contribution in [0.3, 0.4) is 0 Å². The van der Waals surface area contributed by atoms with Gasteiger partial charge in [0.05, 0.1) is 30.9 Å². The summed E-state index contributed by atoms with van der Waals surface area (Å²) in [5, 5.41) is 0.394. The summed E-state index contributed by atoms with van der Waals surface area (Å²) < 4.78 is 113. The fourth-order valence-corrected chi connectivity index (χ4v) is 12.5. The Labute approximate surface area is 412 Å². The molecule has 4 atom stereocenters. The van der Waals surface area contributed by atoms with Crippen LogP contribution in [0.1, 0.15) is 22.3 Å². The first-order valence-electron chi connectivity index (χ1n) is 21.5. The number of alkyl halides is 6. The predicted molar refractivity (Wildman–Crippen MR) is 270 cm³/mol. The number of rotatable bonds is 14. The molecule has 68 heavy (non-hydrogen) atoms. The molecular weight excluding hydrogens is 978 g/mol. The van der Waals surface area contributed by atoms with E-state index in [4.69, 9.17) is 27.9 Å². The molecule has 1 fully saturated rings. The topological polar surface area (TPSA) is 53.0 Å². The first-order valence-corrected chi connectivity index (χ1v) is 28.4. The van der Waals surface area contributed by atoms with Crippen molar-refractivity contribution in [2.75, 3.05) is 33.1 Å². The van der Waals surface area contributed by atoms with Gasteiger partial charge in [0.25, 0.3) is 0 Å². The Hall–Kier alpha value is -4.22. The zero-order chi connectivity index (χ0) is 49.5. The SMILES string of the molecule is COCN(Cc1ccccc1)C[Si](C)(C)C.O=S(c1ccccc1)C1CN(Cc2ccccc2)CC1(c1ccc(Cl)cc1)C(F)(F)F.O[S+](/C=C(\c1ccc(Cl)cc1)C(F)(F)F)c1ccccc1. The third kappa shape index (κ3) is 15.9. The Morgan fingerprint density at radius 2 is 1.25 bits per heavy atom. The minimum absolute atomic E-state index is 0.0330. The van der Waals surface area contributed by atoms with Crippen LogP contribution in [-0.2, 0) is 45.2 Å². The van der Waals surface area contributed by atoms with Gasteiger partial charge in [0.15, 0.2) is 10.3 Å². The van der Waals surface area contributed by atoms with E-state index in [9.17, 15) is 35.1 Å². The van der Waals surface area contributed by atoms with Crippen LogP contribution in [0.4, 0.5) is 26.3 Å². The monoisotopic (exact) mass is 1030 g/mol. The maximum atomic E-state index is 14.8. The van der Waals surface area contributed by atoms with E-state index < -0.39 is 58.6 Å². The molecule has 0 aromatic heterocycles. The second kappa shape index (κ2) is 25.1. The molecule has 6 aromatic rings. The highest BCUT2D eigenvalue weighted by atomic mass is 35.5. The number of likely N-dealkylation sites (tertiary alicyclic amines) is 1. The van der Waals surface area contributed by atoms with Gasteiger partial charge in [-0.2, -0.15) is 30.9 Å². The van der Waals surface area contributed by atoms with E-state index in [-0.39, 0.29) is 24.2 Å². The number of ether oxygens (including phenoxy) is 1. The number of allylic oxidation sites excluding steroid dienone is 1. The highest BCUT2D eigenvalue weighted by molar-refractivity contribution is 7.94. The van der Waals surface area contributed by atoms with Crippen LogP contribution in [0.25, 0.3) is 5.57 Å². The van der Waals surface area contributed by atoms with Gasteiger partial charge in [-0.1, -0.05) is 164 Å². The first kappa shape index (κ1) is 54.7. The zero-order valence-electron chi connectivity index (χ0n) is 38.1. The summed E-state index contributed by atoms with van der Waals surface area (Å²) >= 11 is 10.0. The zero-order valence-corrected chi connectivity index (χ0v) is 42.2. The fourth-order valence-electron chi connectivity index (χ4n) is 7.81. The molecule has 7 rings (SSSR count). The second-order valence-corrected chi connectivity index (χ2v) is 26.6. The molecule has 0 bridgehead atoms. The molecule has 6 aromatic carbocycles. The average molecular weight is 1030 g/mol. The highest BCUT2D eigenvalue weighted by Crippen LogP contribution is 2.51. The Balaban J connectivity index is 0.000000203. The number of methoxy groups -OCH3 is 1. The predicted octanol–water partition coefficient (Wildman–Crippen LogP) is 14.2. The van der Waals surface area contributed by atoms with E-state index in [0.29, 0.717) is 26.4 Å². The van der Waals surface area contributed by atoms with E-state index in [2.05, 4.69) is 54.9 Å². The Bertz CT molecular complexity index is 2490. The Morgan fingerprint density at radius 1 is 0.765 bits per heavy atom. The summed E-state index contributed by atoms with van der Waals surface area (Å²) in [6.07, 6.45) is -7.98. The van der Waals surface area contributed by atoms with Gasteiger partial charge in [-0.05, 0) is 77.0 Å². The van der Waals surface area contributed by atoms with Crippen molar-refractivity contribution in [3.8, 4) is 0 Å². The Morgan fingerprint density at radius 3 is 1.74 bits per heavy atom. The third-order valence-electron chi connectivity index (χ3n) is 10.7. The molecule has 1 heterocycles. The minimum atomic E-state index is -4.60. The van der Waals surface area contributed by atoms with Crippen molar-refractivity contribution in [3.63, 3.8) is 0 Å². The van der Waals surface area contributed by atoms with Gasteiger partial charge in [0.1, 0.15) is 11.0 Å². The van der Waals surface area contributed by atoms with Gasteiger partial charge in [-0.3, -0.25) is 14.0 Å². The lowest BCUT2D eigenvalue weighted by Crippen LogP contribution is -2.53. The molecule has 1 saturated heterocycles. The van der Waals surface area contributed by atoms with E-state index in [1.807, 2.05) is 30.3 Å². The number of hydrogen-bond acceptors (Lipinski definition) is 5. The van der Waals surface area contributed by atoms with Crippen LogP contribution in [0.2, 0.25) is 29.7 Å². The van der Waals surface area contributed by atoms with Crippen molar-refractivity contribution in [1.82, 2.24) is 9.80 Å². The summed E-state index contributed by atoms with van der Waals surface area (Å²) in [7, 11) is -1.15. The summed E-state index contributed by atoms with van der Waals surface area (Å²) in [6.45, 7) is 9.03. The average Bonchev–Trinajstić information content (AvgIpc) is 3.70. The number of benzene rings is 6. The van der Waals surface area contributed by atoms with Crippen molar-refractivity contribution in [2.24, 2.45) is 0 Å². The van der Waals surface area contributed by atoms with Crippen LogP contribution < -0.4 is 0 Å². The number of nitrogens with zero attached hydrogens (tertiary/aromatic N) is 2. The molecule has 1 N–H and O–H groups in total. The maximum Gasteiger partial charge on any atom is 0.421 e. The lowest BCUT2D eigenvalue weighted by atomic mass is 9.78. The van der Waals surface area contributed by atoms with Crippen molar-refractivity contribution in [1.29, 1.82) is 0 Å². The Kier molecular flexibility index (Phi) is 20.2. The van der Waals surface area contributed by atoms with E-state index in [1.54, 1.807) is 72.7 Å². The summed E-state index contributed by atoms with van der Waals surface area (Å²) in [4.78, 5) is 4.97. The molecule has 0 amide bonds.